The SMILES string of the molecule is CCO[C@@H](Cc1ccc(OCC=C(C)c2ccc(-c3ccccc3C)cc2)cc1)C(=O)O. The van der Waals surface area contributed by atoms with E-state index in [0.29, 0.717) is 19.6 Å². The van der Waals surface area contributed by atoms with Crippen LogP contribution in [0.2, 0.25) is 0 Å². The molecule has 0 unspecified atom stereocenters. The summed E-state index contributed by atoms with van der Waals surface area (Å²) < 4.78 is 11.1. The summed E-state index contributed by atoms with van der Waals surface area (Å²) in [6.07, 6.45) is 1.57. The zero-order valence-electron chi connectivity index (χ0n) is 18.9. The molecule has 0 amide bonds. The Kier molecular flexibility index (Phi) is 8.23. The van der Waals surface area contributed by atoms with E-state index in [1.165, 1.54) is 16.7 Å². The van der Waals surface area contributed by atoms with Crippen LogP contribution < -0.4 is 4.74 Å². The van der Waals surface area contributed by atoms with Crippen LogP contribution in [0.5, 0.6) is 5.75 Å². The molecule has 4 heteroatoms. The smallest absolute Gasteiger partial charge is 0.333 e. The molecule has 0 bridgehead atoms. The maximum absolute atomic E-state index is 11.2. The molecular formula is C28H30O4. The highest BCUT2D eigenvalue weighted by Crippen LogP contribution is 2.25. The summed E-state index contributed by atoms with van der Waals surface area (Å²) in [5.74, 6) is -0.198. The van der Waals surface area contributed by atoms with Crippen molar-refractivity contribution in [3.8, 4) is 16.9 Å². The normalized spacial score (nSPS) is 12.4. The number of hydrogen-bond acceptors (Lipinski definition) is 3. The second-order valence-electron chi connectivity index (χ2n) is 7.72. The summed E-state index contributed by atoms with van der Waals surface area (Å²) >= 11 is 0. The molecule has 1 atom stereocenters. The first kappa shape index (κ1) is 23.3. The van der Waals surface area contributed by atoms with E-state index in [0.717, 1.165) is 22.4 Å². The van der Waals surface area contributed by atoms with Crippen LogP contribution in [0.3, 0.4) is 0 Å². The lowest BCUT2D eigenvalue weighted by Crippen LogP contribution is -2.26. The molecule has 0 fully saturated rings. The highest BCUT2D eigenvalue weighted by molar-refractivity contribution is 5.73. The average Bonchev–Trinajstić information content (AvgIpc) is 2.80. The number of ether oxygens (including phenoxy) is 2. The number of benzene rings is 3. The van der Waals surface area contributed by atoms with Crippen molar-refractivity contribution in [1.82, 2.24) is 0 Å². The fourth-order valence-corrected chi connectivity index (χ4v) is 3.54. The highest BCUT2D eigenvalue weighted by Gasteiger charge is 2.17. The number of hydrogen-bond donors (Lipinski definition) is 1. The maximum Gasteiger partial charge on any atom is 0.333 e. The van der Waals surface area contributed by atoms with Gasteiger partial charge in [0.15, 0.2) is 6.10 Å². The number of rotatable bonds is 10. The number of aryl methyl sites for hydroxylation is 1. The van der Waals surface area contributed by atoms with Gasteiger partial charge >= 0.3 is 5.97 Å². The Labute approximate surface area is 190 Å². The van der Waals surface area contributed by atoms with Gasteiger partial charge in [-0.15, -0.1) is 0 Å². The van der Waals surface area contributed by atoms with Gasteiger partial charge in [0, 0.05) is 13.0 Å². The first-order valence-electron chi connectivity index (χ1n) is 10.9. The molecule has 0 aliphatic heterocycles. The predicted molar refractivity (Wildman–Crippen MR) is 129 cm³/mol. The Bertz CT molecular complexity index is 1050. The minimum atomic E-state index is -0.945. The van der Waals surface area contributed by atoms with E-state index >= 15 is 0 Å². The molecule has 166 valence electrons. The quantitative estimate of drug-likeness (QED) is 0.417. The zero-order chi connectivity index (χ0) is 22.9. The fourth-order valence-electron chi connectivity index (χ4n) is 3.54. The molecule has 1 N–H and O–H groups in total. The summed E-state index contributed by atoms with van der Waals surface area (Å²) in [6, 6.07) is 24.5. The summed E-state index contributed by atoms with van der Waals surface area (Å²) in [7, 11) is 0. The van der Waals surface area contributed by atoms with Gasteiger partial charge in [-0.25, -0.2) is 4.79 Å². The predicted octanol–water partition coefficient (Wildman–Crippen LogP) is 6.18. The second-order valence-corrected chi connectivity index (χ2v) is 7.72. The third-order valence-corrected chi connectivity index (χ3v) is 5.42. The van der Waals surface area contributed by atoms with Crippen LogP contribution in [0, 0.1) is 6.92 Å². The van der Waals surface area contributed by atoms with Crippen LogP contribution in [-0.4, -0.2) is 30.4 Å². The summed E-state index contributed by atoms with van der Waals surface area (Å²) in [6.45, 7) is 6.83. The Morgan fingerprint density at radius 1 is 1.00 bits per heavy atom. The molecule has 3 aromatic rings. The number of allylic oxidation sites excluding steroid dienone is 1. The Morgan fingerprint density at radius 3 is 2.31 bits per heavy atom. The molecule has 0 saturated heterocycles. The molecular weight excluding hydrogens is 400 g/mol. The van der Waals surface area contributed by atoms with E-state index in [1.54, 1.807) is 6.92 Å². The highest BCUT2D eigenvalue weighted by atomic mass is 16.5. The maximum atomic E-state index is 11.2. The van der Waals surface area contributed by atoms with E-state index in [1.807, 2.05) is 24.3 Å². The lowest BCUT2D eigenvalue weighted by Gasteiger charge is -2.12. The van der Waals surface area contributed by atoms with Gasteiger partial charge in [0.2, 0.25) is 0 Å². The van der Waals surface area contributed by atoms with Crippen molar-refractivity contribution in [2.75, 3.05) is 13.2 Å². The molecule has 0 spiro atoms. The third kappa shape index (κ3) is 6.32. The molecule has 0 aliphatic carbocycles. The Hall–Kier alpha value is -3.37. The fraction of sp³-hybridized carbons (Fsp3) is 0.250. The van der Waals surface area contributed by atoms with E-state index in [2.05, 4.69) is 68.5 Å². The van der Waals surface area contributed by atoms with Gasteiger partial charge in [0.05, 0.1) is 0 Å². The molecule has 0 aromatic heterocycles. The molecule has 32 heavy (non-hydrogen) atoms. The van der Waals surface area contributed by atoms with Gasteiger partial charge in [0.25, 0.3) is 0 Å². The topological polar surface area (TPSA) is 55.8 Å². The lowest BCUT2D eigenvalue weighted by atomic mass is 9.98. The van der Waals surface area contributed by atoms with Crippen molar-refractivity contribution in [3.63, 3.8) is 0 Å². The van der Waals surface area contributed by atoms with Gasteiger partial charge in [-0.2, -0.15) is 0 Å². The largest absolute Gasteiger partial charge is 0.490 e. The van der Waals surface area contributed by atoms with Gasteiger partial charge in [-0.1, -0.05) is 60.7 Å². The van der Waals surface area contributed by atoms with Crippen LogP contribution in [-0.2, 0) is 16.0 Å². The van der Waals surface area contributed by atoms with Crippen LogP contribution in [0.1, 0.15) is 30.5 Å². The molecule has 3 aromatic carbocycles. The number of aliphatic carboxylic acids is 1. The van der Waals surface area contributed by atoms with E-state index in [4.69, 9.17) is 9.47 Å². The average molecular weight is 431 g/mol. The van der Waals surface area contributed by atoms with E-state index in [9.17, 15) is 9.90 Å². The monoisotopic (exact) mass is 430 g/mol. The zero-order valence-corrected chi connectivity index (χ0v) is 18.9. The van der Waals surface area contributed by atoms with E-state index < -0.39 is 12.1 Å². The minimum Gasteiger partial charge on any atom is -0.490 e. The van der Waals surface area contributed by atoms with Crippen LogP contribution in [0.25, 0.3) is 16.7 Å². The number of carboxylic acids is 1. The standard InChI is InChI=1S/C28H30O4/c1-4-31-27(28(29)30)19-22-9-15-25(16-10-22)32-18-17-20(2)23-11-13-24(14-12-23)26-8-6-5-7-21(26)3/h5-17,27H,4,18-19H2,1-3H3,(H,29,30)/t27-/m0/s1. The van der Waals surface area contributed by atoms with Crippen LogP contribution in [0.15, 0.2) is 78.9 Å². The van der Waals surface area contributed by atoms with Crippen molar-refractivity contribution in [2.24, 2.45) is 0 Å². The molecule has 0 saturated carbocycles. The van der Waals surface area contributed by atoms with Crippen molar-refractivity contribution in [3.05, 3.63) is 95.6 Å². The first-order chi connectivity index (χ1) is 15.5. The lowest BCUT2D eigenvalue weighted by molar-refractivity contribution is -0.149. The molecule has 4 nitrogen and oxygen atoms in total. The van der Waals surface area contributed by atoms with Crippen molar-refractivity contribution < 1.29 is 19.4 Å². The molecule has 0 heterocycles. The minimum absolute atomic E-state index is 0.334. The molecule has 3 rings (SSSR count). The van der Waals surface area contributed by atoms with Crippen molar-refractivity contribution in [2.45, 2.75) is 33.3 Å². The number of carbonyl (C=O) groups is 1. The van der Waals surface area contributed by atoms with Gasteiger partial charge in [-0.05, 0) is 72.4 Å². The molecule has 0 radical (unpaired) electrons. The number of carboxylic acid groups (broad SMARTS) is 1. The summed E-state index contributed by atoms with van der Waals surface area (Å²) in [5.41, 5.74) is 6.95. The summed E-state index contributed by atoms with van der Waals surface area (Å²) in [5, 5.41) is 9.21. The van der Waals surface area contributed by atoms with Crippen LogP contribution >= 0.6 is 0 Å². The van der Waals surface area contributed by atoms with Gasteiger partial charge < -0.3 is 14.6 Å². The Balaban J connectivity index is 1.56. The summed E-state index contributed by atoms with van der Waals surface area (Å²) in [4.78, 5) is 11.2. The van der Waals surface area contributed by atoms with Gasteiger partial charge in [-0.3, -0.25) is 0 Å². The van der Waals surface area contributed by atoms with Crippen LogP contribution in [0.4, 0.5) is 0 Å². The van der Waals surface area contributed by atoms with Gasteiger partial charge in [0.1, 0.15) is 12.4 Å². The van der Waals surface area contributed by atoms with Crippen molar-refractivity contribution in [1.29, 1.82) is 0 Å². The Morgan fingerprint density at radius 2 is 1.69 bits per heavy atom. The first-order valence-corrected chi connectivity index (χ1v) is 10.9. The van der Waals surface area contributed by atoms with Crippen molar-refractivity contribution >= 4 is 11.5 Å². The second kappa shape index (κ2) is 11.3. The molecule has 0 aliphatic rings. The van der Waals surface area contributed by atoms with E-state index in [-0.39, 0.29) is 0 Å². The third-order valence-electron chi connectivity index (χ3n) is 5.42.